The molecule has 3 rings (SSSR count). The van der Waals surface area contributed by atoms with Crippen molar-refractivity contribution in [3.63, 3.8) is 0 Å². The van der Waals surface area contributed by atoms with Crippen molar-refractivity contribution in [3.05, 3.63) is 65.0 Å². The van der Waals surface area contributed by atoms with Crippen molar-refractivity contribution in [2.75, 3.05) is 24.3 Å². The monoisotopic (exact) mass is 469 g/mol. The number of amidine groups is 1. The molecule has 1 amide bonds. The third kappa shape index (κ3) is 5.53. The molecular formula is C21H22F3N3O4S. The fraction of sp³-hybridized carbons (Fsp3) is 0.333. The zero-order valence-corrected chi connectivity index (χ0v) is 17.9. The fourth-order valence-electron chi connectivity index (χ4n) is 3.44. The number of nitrogens with one attached hydrogen (secondary N) is 1. The van der Waals surface area contributed by atoms with Crippen LogP contribution < -0.4 is 11.1 Å². The molecule has 4 N–H and O–H groups in total. The summed E-state index contributed by atoms with van der Waals surface area (Å²) < 4.78 is 68.2. The van der Waals surface area contributed by atoms with Crippen LogP contribution in [0.3, 0.4) is 0 Å². The zero-order chi connectivity index (χ0) is 23.5. The summed E-state index contributed by atoms with van der Waals surface area (Å²) in [4.78, 5) is 16.8. The van der Waals surface area contributed by atoms with Gasteiger partial charge in [-0.25, -0.2) is 17.4 Å². The minimum absolute atomic E-state index is 0.0841. The summed E-state index contributed by atoms with van der Waals surface area (Å²) in [6.45, 7) is 2.29. The standard InChI is InChI=1S/C21H22F3N3O4S/c1-21(11-32(29)30,27-19(25)12-6-7-31-10-12)16-9-14(3-5-17(16)23)26-20(28)15-4-2-13(22)8-18(15)24/h2-5,8-9,12H,6-7,10-11H2,1H3,(H2,25,27)(H,26,28)(H,29,30)/t12-,21+/m1/s1. The van der Waals surface area contributed by atoms with Gasteiger partial charge in [0.15, 0.2) is 11.1 Å². The van der Waals surface area contributed by atoms with E-state index in [2.05, 4.69) is 10.3 Å². The Hall–Kier alpha value is -2.76. The Labute approximate surface area is 185 Å². The molecule has 11 heteroatoms. The molecule has 0 spiro atoms. The quantitative estimate of drug-likeness (QED) is 0.327. The molecule has 0 aliphatic carbocycles. The number of hydrogen-bond donors (Lipinski definition) is 3. The average Bonchev–Trinajstić information content (AvgIpc) is 3.23. The maximum absolute atomic E-state index is 14.8. The Bertz CT molecular complexity index is 1080. The topological polar surface area (TPSA) is 114 Å². The summed E-state index contributed by atoms with van der Waals surface area (Å²) in [5.41, 5.74) is 4.15. The summed E-state index contributed by atoms with van der Waals surface area (Å²) in [6, 6.07) is 6.03. The Balaban J connectivity index is 1.95. The van der Waals surface area contributed by atoms with Crippen molar-refractivity contribution < 1.29 is 31.5 Å². The molecular weight excluding hydrogens is 447 g/mol. The van der Waals surface area contributed by atoms with E-state index >= 15 is 0 Å². The van der Waals surface area contributed by atoms with Crippen LogP contribution in [0.1, 0.15) is 29.3 Å². The molecule has 1 unspecified atom stereocenters. The molecule has 7 nitrogen and oxygen atoms in total. The SMILES string of the molecule is C[C@@](CS(=O)O)(N=C(N)[C@@H]1CCOC1)c1cc(NC(=O)c2ccc(F)cc2F)ccc1F. The number of hydrogen-bond acceptors (Lipinski definition) is 4. The number of ether oxygens (including phenoxy) is 1. The first-order valence-electron chi connectivity index (χ1n) is 9.66. The molecule has 172 valence electrons. The van der Waals surface area contributed by atoms with Crippen molar-refractivity contribution >= 4 is 28.5 Å². The normalized spacial score (nSPS) is 19.4. The van der Waals surface area contributed by atoms with E-state index < -0.39 is 51.3 Å². The molecule has 1 aliphatic rings. The van der Waals surface area contributed by atoms with Gasteiger partial charge in [0.05, 0.1) is 17.9 Å². The number of nitrogens with zero attached hydrogens (tertiary/aromatic N) is 1. The van der Waals surface area contributed by atoms with Crippen LogP contribution in [0.4, 0.5) is 18.9 Å². The second kappa shape index (κ2) is 9.80. The first-order chi connectivity index (χ1) is 15.1. The predicted octanol–water partition coefficient (Wildman–Crippen LogP) is 3.19. The number of amides is 1. The summed E-state index contributed by atoms with van der Waals surface area (Å²) in [7, 11) is 0. The number of rotatable bonds is 7. The third-order valence-electron chi connectivity index (χ3n) is 5.11. The summed E-state index contributed by atoms with van der Waals surface area (Å²) in [5, 5.41) is 2.41. The minimum atomic E-state index is -2.35. The van der Waals surface area contributed by atoms with Gasteiger partial charge in [0.25, 0.3) is 5.91 Å². The molecule has 3 atom stereocenters. The van der Waals surface area contributed by atoms with Gasteiger partial charge in [-0.3, -0.25) is 9.79 Å². The largest absolute Gasteiger partial charge is 0.387 e. The Morgan fingerprint density at radius 2 is 2.03 bits per heavy atom. The van der Waals surface area contributed by atoms with Crippen molar-refractivity contribution in [1.29, 1.82) is 0 Å². The first-order valence-corrected chi connectivity index (χ1v) is 10.9. The molecule has 1 saturated heterocycles. The van der Waals surface area contributed by atoms with Crippen LogP contribution in [0, 0.1) is 23.4 Å². The number of nitrogens with two attached hydrogens (primary N) is 1. The molecule has 1 aliphatic heterocycles. The zero-order valence-electron chi connectivity index (χ0n) is 17.1. The molecule has 0 aromatic heterocycles. The van der Waals surface area contributed by atoms with E-state index in [0.717, 1.165) is 18.2 Å². The third-order valence-corrected chi connectivity index (χ3v) is 5.92. The van der Waals surface area contributed by atoms with E-state index in [0.29, 0.717) is 25.7 Å². The van der Waals surface area contributed by atoms with Gasteiger partial charge in [0.2, 0.25) is 0 Å². The highest BCUT2D eigenvalue weighted by Gasteiger charge is 2.34. The van der Waals surface area contributed by atoms with Crippen molar-refractivity contribution in [2.45, 2.75) is 18.9 Å². The summed E-state index contributed by atoms with van der Waals surface area (Å²) >= 11 is -2.35. The summed E-state index contributed by atoms with van der Waals surface area (Å²) in [6.07, 6.45) is 0.620. The fourth-order valence-corrected chi connectivity index (χ4v) is 4.14. The van der Waals surface area contributed by atoms with Crippen LogP contribution in [-0.4, -0.2) is 39.5 Å². The highest BCUT2D eigenvalue weighted by Crippen LogP contribution is 2.32. The van der Waals surface area contributed by atoms with Gasteiger partial charge < -0.3 is 20.3 Å². The van der Waals surface area contributed by atoms with Crippen molar-refractivity contribution in [1.82, 2.24) is 0 Å². The van der Waals surface area contributed by atoms with Crippen LogP contribution >= 0.6 is 0 Å². The van der Waals surface area contributed by atoms with Gasteiger partial charge in [-0.2, -0.15) is 0 Å². The number of halogens is 3. The number of carbonyl (C=O) groups is 1. The van der Waals surface area contributed by atoms with Crippen LogP contribution in [0.25, 0.3) is 0 Å². The molecule has 2 aromatic rings. The van der Waals surface area contributed by atoms with E-state index in [4.69, 9.17) is 10.5 Å². The lowest BCUT2D eigenvalue weighted by molar-refractivity contribution is 0.102. The number of benzene rings is 2. The molecule has 2 aromatic carbocycles. The highest BCUT2D eigenvalue weighted by molar-refractivity contribution is 7.79. The van der Waals surface area contributed by atoms with Crippen LogP contribution in [-0.2, 0) is 21.4 Å². The van der Waals surface area contributed by atoms with E-state index in [9.17, 15) is 26.7 Å². The lowest BCUT2D eigenvalue weighted by Gasteiger charge is -2.27. The highest BCUT2D eigenvalue weighted by atomic mass is 32.2. The summed E-state index contributed by atoms with van der Waals surface area (Å²) in [5.74, 6) is -3.99. The van der Waals surface area contributed by atoms with Gasteiger partial charge in [0, 0.05) is 29.8 Å². The van der Waals surface area contributed by atoms with Crippen LogP contribution in [0.15, 0.2) is 41.4 Å². The van der Waals surface area contributed by atoms with Gasteiger partial charge in [-0.05, 0) is 43.7 Å². The van der Waals surface area contributed by atoms with Crippen molar-refractivity contribution in [2.24, 2.45) is 16.6 Å². The van der Waals surface area contributed by atoms with Gasteiger partial charge in [0.1, 0.15) is 28.8 Å². The number of aliphatic imine (C=N–C) groups is 1. The Morgan fingerprint density at radius 3 is 2.66 bits per heavy atom. The van der Waals surface area contributed by atoms with E-state index in [-0.39, 0.29) is 23.0 Å². The number of carbonyl (C=O) groups excluding carboxylic acids is 1. The average molecular weight is 469 g/mol. The van der Waals surface area contributed by atoms with Crippen LogP contribution in [0.5, 0.6) is 0 Å². The Kier molecular flexibility index (Phi) is 7.32. The maximum Gasteiger partial charge on any atom is 0.258 e. The van der Waals surface area contributed by atoms with E-state index in [1.807, 2.05) is 0 Å². The van der Waals surface area contributed by atoms with Gasteiger partial charge >= 0.3 is 0 Å². The second-order valence-corrected chi connectivity index (χ2v) is 8.54. The van der Waals surface area contributed by atoms with Crippen molar-refractivity contribution in [3.8, 4) is 0 Å². The predicted molar refractivity (Wildman–Crippen MR) is 114 cm³/mol. The molecule has 32 heavy (non-hydrogen) atoms. The molecule has 1 fully saturated rings. The first kappa shape index (κ1) is 23.9. The maximum atomic E-state index is 14.8. The lowest BCUT2D eigenvalue weighted by Crippen LogP contribution is -2.34. The molecule has 0 bridgehead atoms. The smallest absolute Gasteiger partial charge is 0.258 e. The molecule has 1 heterocycles. The molecule has 0 saturated carbocycles. The van der Waals surface area contributed by atoms with Gasteiger partial charge in [-0.1, -0.05) is 0 Å². The van der Waals surface area contributed by atoms with E-state index in [1.54, 1.807) is 0 Å². The lowest BCUT2D eigenvalue weighted by atomic mass is 9.93. The van der Waals surface area contributed by atoms with E-state index in [1.165, 1.54) is 19.1 Å². The van der Waals surface area contributed by atoms with Gasteiger partial charge in [-0.15, -0.1) is 0 Å². The minimum Gasteiger partial charge on any atom is -0.387 e. The number of anilines is 1. The second-order valence-electron chi connectivity index (χ2n) is 7.61. The Morgan fingerprint density at radius 1 is 1.28 bits per heavy atom. The van der Waals surface area contributed by atoms with Crippen LogP contribution in [0.2, 0.25) is 0 Å². The molecule has 0 radical (unpaired) electrons.